The van der Waals surface area contributed by atoms with Crippen molar-refractivity contribution in [2.75, 3.05) is 18.4 Å². The molecule has 0 spiro atoms. The number of likely N-dealkylation sites (tertiary alicyclic amines) is 1. The molecule has 1 N–H and O–H groups in total. The average molecular weight is 369 g/mol. The molecule has 0 amide bonds. The van der Waals surface area contributed by atoms with Crippen LogP contribution in [0.5, 0.6) is 0 Å². The Labute approximate surface area is 156 Å². The van der Waals surface area contributed by atoms with Crippen molar-refractivity contribution >= 4 is 21.4 Å². The highest BCUT2D eigenvalue weighted by Gasteiger charge is 2.12. The van der Waals surface area contributed by atoms with Crippen molar-refractivity contribution in [3.8, 4) is 0 Å². The second kappa shape index (κ2) is 7.97. The number of aromatic nitrogens is 3. The first-order chi connectivity index (χ1) is 12.8. The first-order valence-corrected chi connectivity index (χ1v) is 9.99. The Morgan fingerprint density at radius 1 is 1.04 bits per heavy atom. The van der Waals surface area contributed by atoms with E-state index in [0.717, 1.165) is 6.54 Å². The Balaban J connectivity index is 1.47. The number of rotatable bonds is 5. The summed E-state index contributed by atoms with van der Waals surface area (Å²) in [7, 11) is 0. The van der Waals surface area contributed by atoms with Gasteiger partial charge < -0.3 is 5.32 Å². The van der Waals surface area contributed by atoms with Crippen molar-refractivity contribution in [3.63, 3.8) is 0 Å². The Morgan fingerprint density at radius 2 is 1.81 bits per heavy atom. The average Bonchev–Trinajstić information content (AvgIpc) is 2.91. The van der Waals surface area contributed by atoms with Gasteiger partial charge >= 0.3 is 0 Å². The molecule has 1 aliphatic rings. The standard InChI is InChI=1S/C19H23N5OS/c25-17-9-10-20-19-24(17)22-18(26-19)21-13-15-7-3-4-8-16(15)14-23-11-5-1-2-6-12-23/h3-4,7-10H,1-2,5-6,11-14H2,(H,21,22). The van der Waals surface area contributed by atoms with Gasteiger partial charge in [-0.3, -0.25) is 9.69 Å². The third-order valence-corrected chi connectivity index (χ3v) is 5.69. The van der Waals surface area contributed by atoms with Gasteiger partial charge in [-0.15, -0.1) is 5.10 Å². The lowest BCUT2D eigenvalue weighted by molar-refractivity contribution is 0.276. The van der Waals surface area contributed by atoms with Crippen LogP contribution in [0.3, 0.4) is 0 Å². The molecule has 1 saturated heterocycles. The van der Waals surface area contributed by atoms with Crippen LogP contribution < -0.4 is 10.9 Å². The molecule has 0 radical (unpaired) electrons. The fraction of sp³-hybridized carbons (Fsp3) is 0.421. The van der Waals surface area contributed by atoms with Gasteiger partial charge in [-0.2, -0.15) is 4.52 Å². The second-order valence-electron chi connectivity index (χ2n) is 6.70. The van der Waals surface area contributed by atoms with E-state index in [1.807, 2.05) is 0 Å². The topological polar surface area (TPSA) is 62.5 Å². The Hall–Kier alpha value is -2.25. The van der Waals surface area contributed by atoms with Crippen LogP contribution in [0.2, 0.25) is 0 Å². The molecule has 3 heterocycles. The third kappa shape index (κ3) is 3.94. The summed E-state index contributed by atoms with van der Waals surface area (Å²) in [6.07, 6.45) is 6.83. The summed E-state index contributed by atoms with van der Waals surface area (Å²) in [4.78, 5) is 19.2. The molecule has 0 saturated carbocycles. The second-order valence-corrected chi connectivity index (χ2v) is 7.65. The number of nitrogens with zero attached hydrogens (tertiary/aromatic N) is 4. The number of anilines is 1. The number of hydrogen-bond acceptors (Lipinski definition) is 6. The van der Waals surface area contributed by atoms with Crippen LogP contribution in [0.15, 0.2) is 41.3 Å². The summed E-state index contributed by atoms with van der Waals surface area (Å²) in [5.74, 6) is 0. The number of fused-ring (bicyclic) bond motifs is 1. The van der Waals surface area contributed by atoms with E-state index in [1.54, 1.807) is 0 Å². The Morgan fingerprint density at radius 3 is 2.58 bits per heavy atom. The molecule has 1 aromatic carbocycles. The van der Waals surface area contributed by atoms with Crippen LogP contribution in [0.25, 0.3) is 4.96 Å². The van der Waals surface area contributed by atoms with Crippen molar-refractivity contribution in [3.05, 3.63) is 58.0 Å². The molecule has 0 atom stereocenters. The molecule has 2 aromatic heterocycles. The maximum atomic E-state index is 11.8. The van der Waals surface area contributed by atoms with E-state index in [4.69, 9.17) is 0 Å². The van der Waals surface area contributed by atoms with Crippen molar-refractivity contribution in [1.29, 1.82) is 0 Å². The molecule has 136 valence electrons. The third-order valence-electron chi connectivity index (χ3n) is 4.81. The summed E-state index contributed by atoms with van der Waals surface area (Å²) in [5.41, 5.74) is 2.48. The molecule has 3 aromatic rings. The minimum atomic E-state index is -0.152. The van der Waals surface area contributed by atoms with Crippen LogP contribution in [0.1, 0.15) is 36.8 Å². The molecular formula is C19H23N5OS. The predicted molar refractivity (Wildman–Crippen MR) is 105 cm³/mol. The molecular weight excluding hydrogens is 346 g/mol. The fourth-order valence-corrected chi connectivity index (χ4v) is 4.18. The molecule has 1 aliphatic heterocycles. The van der Waals surface area contributed by atoms with Gasteiger partial charge in [-0.1, -0.05) is 48.4 Å². The van der Waals surface area contributed by atoms with Gasteiger partial charge in [0.05, 0.1) is 0 Å². The number of hydrogen-bond donors (Lipinski definition) is 1. The van der Waals surface area contributed by atoms with E-state index in [1.165, 1.54) is 78.0 Å². The van der Waals surface area contributed by atoms with Crippen molar-refractivity contribution in [1.82, 2.24) is 19.5 Å². The predicted octanol–water partition coefficient (Wildman–Crippen LogP) is 3.14. The van der Waals surface area contributed by atoms with Crippen LogP contribution in [0.4, 0.5) is 5.13 Å². The van der Waals surface area contributed by atoms with Crippen LogP contribution >= 0.6 is 11.3 Å². The van der Waals surface area contributed by atoms with Crippen molar-refractivity contribution in [2.45, 2.75) is 38.8 Å². The van der Waals surface area contributed by atoms with E-state index in [0.29, 0.717) is 16.6 Å². The maximum Gasteiger partial charge on any atom is 0.275 e. The van der Waals surface area contributed by atoms with E-state index < -0.39 is 0 Å². The van der Waals surface area contributed by atoms with E-state index in [-0.39, 0.29) is 5.56 Å². The van der Waals surface area contributed by atoms with Gasteiger partial charge in [0.2, 0.25) is 10.1 Å². The minimum absolute atomic E-state index is 0.152. The van der Waals surface area contributed by atoms with E-state index in [9.17, 15) is 4.79 Å². The molecule has 26 heavy (non-hydrogen) atoms. The van der Waals surface area contributed by atoms with Crippen LogP contribution in [-0.2, 0) is 13.1 Å². The Kier molecular flexibility index (Phi) is 5.26. The Bertz CT molecular complexity index is 927. The summed E-state index contributed by atoms with van der Waals surface area (Å²) in [5, 5.41) is 8.39. The van der Waals surface area contributed by atoms with Gasteiger partial charge in [0.15, 0.2) is 0 Å². The molecule has 0 bridgehead atoms. The highest BCUT2D eigenvalue weighted by atomic mass is 32.1. The smallest absolute Gasteiger partial charge is 0.275 e. The first kappa shape index (κ1) is 17.2. The van der Waals surface area contributed by atoms with Gasteiger partial charge in [0.25, 0.3) is 5.56 Å². The van der Waals surface area contributed by atoms with Crippen LogP contribution in [-0.4, -0.2) is 32.6 Å². The van der Waals surface area contributed by atoms with Crippen molar-refractivity contribution < 1.29 is 0 Å². The lowest BCUT2D eigenvalue weighted by atomic mass is 10.1. The number of benzene rings is 1. The minimum Gasteiger partial charge on any atom is -0.356 e. The lowest BCUT2D eigenvalue weighted by Crippen LogP contribution is -2.24. The molecule has 4 rings (SSSR count). The molecule has 1 fully saturated rings. The summed E-state index contributed by atoms with van der Waals surface area (Å²) in [6.45, 7) is 4.07. The summed E-state index contributed by atoms with van der Waals surface area (Å²) in [6, 6.07) is 9.99. The van der Waals surface area contributed by atoms with Gasteiger partial charge in [0, 0.05) is 25.4 Å². The SMILES string of the molecule is O=c1ccnc2sc(NCc3ccccc3CN3CCCCCC3)nn12. The first-order valence-electron chi connectivity index (χ1n) is 9.17. The summed E-state index contributed by atoms with van der Waals surface area (Å²) < 4.78 is 1.34. The molecule has 0 aliphatic carbocycles. The fourth-order valence-electron chi connectivity index (χ4n) is 3.41. The monoisotopic (exact) mass is 369 g/mol. The quantitative estimate of drug-likeness (QED) is 0.749. The zero-order valence-electron chi connectivity index (χ0n) is 14.7. The van der Waals surface area contributed by atoms with Crippen LogP contribution in [0, 0.1) is 0 Å². The zero-order valence-corrected chi connectivity index (χ0v) is 15.5. The highest BCUT2D eigenvalue weighted by Crippen LogP contribution is 2.20. The molecule has 7 heteroatoms. The van der Waals surface area contributed by atoms with E-state index in [2.05, 4.69) is 44.6 Å². The van der Waals surface area contributed by atoms with Gasteiger partial charge in [0.1, 0.15) is 0 Å². The number of nitrogens with one attached hydrogen (secondary N) is 1. The lowest BCUT2D eigenvalue weighted by Gasteiger charge is -2.21. The van der Waals surface area contributed by atoms with Gasteiger partial charge in [-0.05, 0) is 37.1 Å². The van der Waals surface area contributed by atoms with Gasteiger partial charge in [-0.25, -0.2) is 4.98 Å². The maximum absolute atomic E-state index is 11.8. The zero-order chi connectivity index (χ0) is 17.8. The normalized spacial score (nSPS) is 15.8. The highest BCUT2D eigenvalue weighted by molar-refractivity contribution is 7.20. The van der Waals surface area contributed by atoms with E-state index >= 15 is 0 Å². The largest absolute Gasteiger partial charge is 0.356 e. The molecule has 6 nitrogen and oxygen atoms in total. The molecule has 0 unspecified atom stereocenters. The summed E-state index contributed by atoms with van der Waals surface area (Å²) >= 11 is 1.39. The van der Waals surface area contributed by atoms with Crippen molar-refractivity contribution in [2.24, 2.45) is 0 Å².